The summed E-state index contributed by atoms with van der Waals surface area (Å²) in [6.07, 6.45) is 0. The van der Waals surface area contributed by atoms with Crippen LogP contribution in [-0.2, 0) is 4.57 Å². The number of rotatable bonds is 3. The second-order valence-corrected chi connectivity index (χ2v) is 14.7. The fourth-order valence-corrected chi connectivity index (χ4v) is 11.2. The van der Waals surface area contributed by atoms with Crippen LogP contribution in [0.2, 0.25) is 0 Å². The van der Waals surface area contributed by atoms with Gasteiger partial charge in [-0.25, -0.2) is 0 Å². The van der Waals surface area contributed by atoms with Crippen molar-refractivity contribution in [3.8, 4) is 22.5 Å². The first kappa shape index (κ1) is 25.7. The van der Waals surface area contributed by atoms with Crippen molar-refractivity contribution < 1.29 is 4.57 Å². The van der Waals surface area contributed by atoms with Crippen LogP contribution in [0.1, 0.15) is 0 Å². The minimum atomic E-state index is -3.17. The molecule has 4 heteroatoms. The van der Waals surface area contributed by atoms with Gasteiger partial charge in [-0.15, -0.1) is 0 Å². The minimum Gasteiger partial charge on any atom is -0.309 e. The molecule has 0 saturated carbocycles. The third-order valence-electron chi connectivity index (χ3n) is 9.71. The molecule has 0 N–H and O–H groups in total. The molecule has 7 aromatic carbocycles. The zero-order valence-electron chi connectivity index (χ0n) is 24.8. The van der Waals surface area contributed by atoms with Crippen LogP contribution < -0.4 is 15.9 Å². The maximum absolute atomic E-state index is 15.8. The summed E-state index contributed by atoms with van der Waals surface area (Å²) in [5.74, 6) is 0. The lowest BCUT2D eigenvalue weighted by Gasteiger charge is -2.17. The highest BCUT2D eigenvalue weighted by Gasteiger charge is 2.42. The Kier molecular flexibility index (Phi) is 5.27. The smallest absolute Gasteiger partial charge is 0.172 e. The third-order valence-corrected chi connectivity index (χ3v) is 12.9. The van der Waals surface area contributed by atoms with E-state index in [4.69, 9.17) is 0 Å². The monoisotopic (exact) mass is 606 g/mol. The molecule has 0 bridgehead atoms. The average Bonchev–Trinajstić information content (AvgIpc) is 3.73. The van der Waals surface area contributed by atoms with E-state index in [1.165, 1.54) is 16.3 Å². The van der Waals surface area contributed by atoms with Gasteiger partial charge in [-0.2, -0.15) is 0 Å². The molecule has 1 aliphatic rings. The zero-order valence-corrected chi connectivity index (χ0v) is 25.7. The van der Waals surface area contributed by atoms with E-state index >= 15 is 4.57 Å². The average molecular weight is 607 g/mol. The molecule has 9 aromatic rings. The predicted octanol–water partition coefficient (Wildman–Crippen LogP) is 9.50. The minimum absolute atomic E-state index is 0.874. The molecule has 216 valence electrons. The first-order chi connectivity index (χ1) is 22.7. The van der Waals surface area contributed by atoms with Crippen LogP contribution in [0.3, 0.4) is 0 Å². The van der Waals surface area contributed by atoms with E-state index in [9.17, 15) is 0 Å². The molecule has 0 amide bonds. The lowest BCUT2D eigenvalue weighted by molar-refractivity contribution is 0.593. The summed E-state index contributed by atoms with van der Waals surface area (Å²) in [5, 5.41) is 7.33. The van der Waals surface area contributed by atoms with E-state index in [2.05, 4.69) is 137 Å². The van der Waals surface area contributed by atoms with E-state index in [0.29, 0.717) is 0 Å². The van der Waals surface area contributed by atoms with Crippen LogP contribution in [0, 0.1) is 0 Å². The van der Waals surface area contributed by atoms with Crippen LogP contribution in [0.4, 0.5) is 0 Å². The number of hydrogen-bond donors (Lipinski definition) is 0. The van der Waals surface area contributed by atoms with Gasteiger partial charge in [-0.3, -0.25) is 0 Å². The first-order valence-electron chi connectivity index (χ1n) is 15.7. The van der Waals surface area contributed by atoms with Crippen LogP contribution in [0.25, 0.3) is 66.1 Å². The van der Waals surface area contributed by atoms with Crippen molar-refractivity contribution in [2.75, 3.05) is 0 Å². The number of para-hydroxylation sites is 3. The Morgan fingerprint density at radius 3 is 1.78 bits per heavy atom. The van der Waals surface area contributed by atoms with E-state index in [-0.39, 0.29) is 0 Å². The number of nitrogens with zero attached hydrogens (tertiary/aromatic N) is 2. The van der Waals surface area contributed by atoms with Crippen LogP contribution >= 0.6 is 7.14 Å². The maximum atomic E-state index is 15.8. The van der Waals surface area contributed by atoms with Crippen molar-refractivity contribution in [3.63, 3.8) is 0 Å². The lowest BCUT2D eigenvalue weighted by atomic mass is 10.0. The Hall–Kier alpha value is -5.63. The van der Waals surface area contributed by atoms with Gasteiger partial charge in [-0.05, 0) is 53.6 Å². The fraction of sp³-hybridized carbons (Fsp3) is 0. The van der Waals surface area contributed by atoms with Gasteiger partial charge in [0.2, 0.25) is 0 Å². The Bertz CT molecular complexity index is 2720. The van der Waals surface area contributed by atoms with Gasteiger partial charge in [0, 0.05) is 43.1 Å². The molecule has 0 saturated heterocycles. The molecule has 3 nitrogen and oxygen atoms in total. The van der Waals surface area contributed by atoms with E-state index < -0.39 is 7.14 Å². The fourth-order valence-electron chi connectivity index (χ4n) is 7.89. The number of benzene rings is 7. The summed E-state index contributed by atoms with van der Waals surface area (Å²) in [5.41, 5.74) is 8.86. The van der Waals surface area contributed by atoms with Crippen molar-refractivity contribution in [1.29, 1.82) is 0 Å². The van der Waals surface area contributed by atoms with Crippen LogP contribution in [0.15, 0.2) is 164 Å². The number of hydrogen-bond acceptors (Lipinski definition) is 1. The van der Waals surface area contributed by atoms with Crippen molar-refractivity contribution in [3.05, 3.63) is 164 Å². The Morgan fingerprint density at radius 1 is 0.413 bits per heavy atom. The van der Waals surface area contributed by atoms with Gasteiger partial charge in [-0.1, -0.05) is 121 Å². The quantitative estimate of drug-likeness (QED) is 0.184. The molecule has 1 atom stereocenters. The van der Waals surface area contributed by atoms with E-state index in [0.717, 1.165) is 65.7 Å². The second-order valence-electron chi connectivity index (χ2n) is 12.0. The lowest BCUT2D eigenvalue weighted by Crippen LogP contribution is -2.21. The number of fused-ring (bicyclic) bond motifs is 10. The molecule has 1 unspecified atom stereocenters. The van der Waals surface area contributed by atoms with Gasteiger partial charge in [0.15, 0.2) is 7.14 Å². The van der Waals surface area contributed by atoms with Gasteiger partial charge in [0.1, 0.15) is 0 Å². The largest absolute Gasteiger partial charge is 0.309 e. The normalized spacial score (nSPS) is 15.6. The molecule has 0 radical (unpaired) electrons. The molecule has 46 heavy (non-hydrogen) atoms. The van der Waals surface area contributed by atoms with Crippen molar-refractivity contribution >= 4 is 66.7 Å². The standard InChI is InChI=1S/C42H27N2OP/c45-46(29-16-5-2-6-17-29)39-25-12-9-18-30(39)31-26-27-38-41(42(31)46)33-20-8-11-22-35(33)44(38)37-24-13-23-36-40(37)32-19-7-10-21-34(32)43(36)28-14-3-1-4-15-28/h1-27H. The predicted molar refractivity (Wildman–Crippen MR) is 194 cm³/mol. The topological polar surface area (TPSA) is 26.9 Å². The summed E-state index contributed by atoms with van der Waals surface area (Å²) >= 11 is 0. The zero-order chi connectivity index (χ0) is 30.4. The summed E-state index contributed by atoms with van der Waals surface area (Å²) in [7, 11) is -3.17. The summed E-state index contributed by atoms with van der Waals surface area (Å²) in [4.78, 5) is 0. The maximum Gasteiger partial charge on any atom is 0.172 e. The molecule has 0 fully saturated rings. The van der Waals surface area contributed by atoms with Gasteiger partial charge >= 0.3 is 0 Å². The molecule has 0 spiro atoms. The van der Waals surface area contributed by atoms with Crippen molar-refractivity contribution in [1.82, 2.24) is 9.13 Å². The van der Waals surface area contributed by atoms with Crippen LogP contribution in [-0.4, -0.2) is 9.13 Å². The molecule has 10 rings (SSSR count). The second kappa shape index (κ2) is 9.44. The first-order valence-corrected chi connectivity index (χ1v) is 17.4. The molecular weight excluding hydrogens is 579 g/mol. The highest BCUT2D eigenvalue weighted by atomic mass is 31.2. The Labute approximate surface area is 266 Å². The van der Waals surface area contributed by atoms with Crippen LogP contribution in [0.5, 0.6) is 0 Å². The summed E-state index contributed by atoms with van der Waals surface area (Å²) < 4.78 is 20.6. The van der Waals surface area contributed by atoms with E-state index in [1.54, 1.807) is 0 Å². The third kappa shape index (κ3) is 3.25. The van der Waals surface area contributed by atoms with Gasteiger partial charge in [0.05, 0.1) is 27.8 Å². The highest BCUT2D eigenvalue weighted by Crippen LogP contribution is 2.55. The Morgan fingerprint density at radius 2 is 1.00 bits per heavy atom. The van der Waals surface area contributed by atoms with E-state index in [1.807, 2.05) is 36.4 Å². The summed E-state index contributed by atoms with van der Waals surface area (Å²) in [6.45, 7) is 0. The van der Waals surface area contributed by atoms with Gasteiger partial charge < -0.3 is 13.7 Å². The van der Waals surface area contributed by atoms with Gasteiger partial charge in [0.25, 0.3) is 0 Å². The molecule has 2 aromatic heterocycles. The summed E-state index contributed by atoms with van der Waals surface area (Å²) in [6, 6.07) is 57.2. The highest BCUT2D eigenvalue weighted by molar-refractivity contribution is 7.86. The molecule has 1 aliphatic heterocycles. The number of aromatic nitrogens is 2. The van der Waals surface area contributed by atoms with Crippen molar-refractivity contribution in [2.24, 2.45) is 0 Å². The molecular formula is C42H27N2OP. The SMILES string of the molecule is O=P1(c2ccccc2)c2ccccc2-c2ccc3c(c21)c1ccccc1n3-c1cccc2c1c1ccccc1n2-c1ccccc1. The molecule has 3 heterocycles. The van der Waals surface area contributed by atoms with Crippen molar-refractivity contribution in [2.45, 2.75) is 0 Å². The Balaban J connectivity index is 1.37. The molecule has 0 aliphatic carbocycles.